The Morgan fingerprint density at radius 1 is 1.25 bits per heavy atom. The number of carbonyl (C=O) groups is 3. The molecule has 1 saturated heterocycles. The summed E-state index contributed by atoms with van der Waals surface area (Å²) in [6.07, 6.45) is 5.02. The predicted octanol–water partition coefficient (Wildman–Crippen LogP) is 2.17. The molecular formula is C18H30N2O4. The molecule has 2 N–H and O–H groups in total. The highest BCUT2D eigenvalue weighted by molar-refractivity contribution is 5.89. The quantitative estimate of drug-likeness (QED) is 0.777. The van der Waals surface area contributed by atoms with Crippen LogP contribution in [0.5, 0.6) is 0 Å². The smallest absolute Gasteiger partial charge is 0.303 e. The van der Waals surface area contributed by atoms with Crippen molar-refractivity contribution < 1.29 is 19.5 Å². The van der Waals surface area contributed by atoms with Crippen LogP contribution in [0.3, 0.4) is 0 Å². The van der Waals surface area contributed by atoms with Gasteiger partial charge in [-0.3, -0.25) is 14.4 Å². The summed E-state index contributed by atoms with van der Waals surface area (Å²) in [5.41, 5.74) is -0.577. The van der Waals surface area contributed by atoms with E-state index in [2.05, 4.69) is 12.2 Å². The maximum absolute atomic E-state index is 12.5. The number of likely N-dealkylation sites (tertiary alicyclic amines) is 1. The Hall–Kier alpha value is -1.59. The third-order valence-corrected chi connectivity index (χ3v) is 5.38. The normalized spacial score (nSPS) is 28.0. The van der Waals surface area contributed by atoms with Crippen molar-refractivity contribution in [1.29, 1.82) is 0 Å². The number of hydrogen-bond acceptors (Lipinski definition) is 3. The minimum Gasteiger partial charge on any atom is -0.481 e. The van der Waals surface area contributed by atoms with Gasteiger partial charge in [0.1, 0.15) is 0 Å². The van der Waals surface area contributed by atoms with E-state index in [9.17, 15) is 14.4 Å². The fourth-order valence-electron chi connectivity index (χ4n) is 3.73. The number of nitrogens with one attached hydrogen (secondary N) is 1. The van der Waals surface area contributed by atoms with Crippen LogP contribution in [0.1, 0.15) is 65.7 Å². The molecule has 2 rings (SSSR count). The number of carbonyl (C=O) groups excluding carboxylic acids is 2. The van der Waals surface area contributed by atoms with Gasteiger partial charge in [-0.25, -0.2) is 0 Å². The number of rotatable bonds is 6. The Balaban J connectivity index is 1.88. The van der Waals surface area contributed by atoms with Crippen molar-refractivity contribution in [2.24, 2.45) is 11.8 Å². The number of aliphatic carboxylic acids is 1. The molecule has 1 saturated carbocycles. The van der Waals surface area contributed by atoms with E-state index in [1.54, 1.807) is 0 Å². The standard InChI is InChI=1S/C18H30N2O4/c1-12-4-6-14(7-5-12)20-11-13(10-15(20)21)17(24)19-18(2,3)9-8-16(22)23/h12-14H,4-11H2,1-3H3,(H,19,24)(H,22,23). The fraction of sp³-hybridized carbons (Fsp3) is 0.833. The lowest BCUT2D eigenvalue weighted by atomic mass is 9.86. The second kappa shape index (κ2) is 7.53. The van der Waals surface area contributed by atoms with Gasteiger partial charge in [-0.2, -0.15) is 0 Å². The van der Waals surface area contributed by atoms with E-state index in [1.165, 1.54) is 0 Å². The first-order chi connectivity index (χ1) is 11.2. The largest absolute Gasteiger partial charge is 0.481 e. The molecule has 2 aliphatic rings. The van der Waals surface area contributed by atoms with Crippen LogP contribution in [0.4, 0.5) is 0 Å². The lowest BCUT2D eigenvalue weighted by Gasteiger charge is -2.34. The summed E-state index contributed by atoms with van der Waals surface area (Å²) in [6, 6.07) is 0.284. The third-order valence-electron chi connectivity index (χ3n) is 5.38. The fourth-order valence-corrected chi connectivity index (χ4v) is 3.73. The second-order valence-corrected chi connectivity index (χ2v) is 8.13. The monoisotopic (exact) mass is 338 g/mol. The van der Waals surface area contributed by atoms with E-state index >= 15 is 0 Å². The molecule has 1 aliphatic carbocycles. The lowest BCUT2D eigenvalue weighted by molar-refractivity contribution is -0.138. The van der Waals surface area contributed by atoms with Gasteiger partial charge in [0.15, 0.2) is 0 Å². The molecule has 1 heterocycles. The first kappa shape index (κ1) is 18.7. The highest BCUT2D eigenvalue weighted by Crippen LogP contribution is 2.31. The van der Waals surface area contributed by atoms with Crippen LogP contribution in [0.15, 0.2) is 0 Å². The third kappa shape index (κ3) is 4.95. The number of carboxylic acid groups (broad SMARTS) is 1. The molecule has 0 bridgehead atoms. The van der Waals surface area contributed by atoms with Gasteiger partial charge < -0.3 is 15.3 Å². The molecule has 2 fully saturated rings. The summed E-state index contributed by atoms with van der Waals surface area (Å²) in [6.45, 7) is 6.39. The van der Waals surface area contributed by atoms with E-state index in [4.69, 9.17) is 5.11 Å². The zero-order valence-corrected chi connectivity index (χ0v) is 15.0. The van der Waals surface area contributed by atoms with Gasteiger partial charge in [-0.15, -0.1) is 0 Å². The molecule has 0 aromatic rings. The first-order valence-electron chi connectivity index (χ1n) is 9.01. The maximum atomic E-state index is 12.5. The van der Waals surface area contributed by atoms with Crippen LogP contribution in [0.25, 0.3) is 0 Å². The molecule has 0 aromatic carbocycles. The second-order valence-electron chi connectivity index (χ2n) is 8.13. The summed E-state index contributed by atoms with van der Waals surface area (Å²) < 4.78 is 0. The Morgan fingerprint density at radius 2 is 1.88 bits per heavy atom. The highest BCUT2D eigenvalue weighted by atomic mass is 16.4. The first-order valence-corrected chi connectivity index (χ1v) is 9.01. The van der Waals surface area contributed by atoms with Crippen LogP contribution < -0.4 is 5.32 Å². The Kier molecular flexibility index (Phi) is 5.88. The predicted molar refractivity (Wildman–Crippen MR) is 90.3 cm³/mol. The van der Waals surface area contributed by atoms with Gasteiger partial charge in [0.25, 0.3) is 0 Å². The van der Waals surface area contributed by atoms with Gasteiger partial charge in [-0.05, 0) is 51.9 Å². The molecule has 2 amide bonds. The van der Waals surface area contributed by atoms with Crippen molar-refractivity contribution in [3.05, 3.63) is 0 Å². The molecular weight excluding hydrogens is 308 g/mol. The average Bonchev–Trinajstić information content (AvgIpc) is 2.88. The zero-order valence-electron chi connectivity index (χ0n) is 15.0. The van der Waals surface area contributed by atoms with E-state index < -0.39 is 11.5 Å². The Bertz CT molecular complexity index is 495. The molecule has 24 heavy (non-hydrogen) atoms. The van der Waals surface area contributed by atoms with Crippen molar-refractivity contribution in [1.82, 2.24) is 10.2 Å². The molecule has 1 atom stereocenters. The Labute approximate surface area is 144 Å². The SMILES string of the molecule is CC1CCC(N2CC(C(=O)NC(C)(C)CCC(=O)O)CC2=O)CC1. The summed E-state index contributed by atoms with van der Waals surface area (Å²) in [5.74, 6) is -0.511. The maximum Gasteiger partial charge on any atom is 0.303 e. The summed E-state index contributed by atoms with van der Waals surface area (Å²) in [5, 5.41) is 11.7. The van der Waals surface area contributed by atoms with Crippen molar-refractivity contribution in [2.75, 3.05) is 6.54 Å². The molecule has 1 unspecified atom stereocenters. The van der Waals surface area contributed by atoms with Crippen LogP contribution in [-0.4, -0.2) is 45.9 Å². The van der Waals surface area contributed by atoms with Gasteiger partial charge >= 0.3 is 5.97 Å². The summed E-state index contributed by atoms with van der Waals surface area (Å²) in [4.78, 5) is 37.4. The van der Waals surface area contributed by atoms with Gasteiger partial charge in [0, 0.05) is 31.0 Å². The average molecular weight is 338 g/mol. The molecule has 0 aromatic heterocycles. The van der Waals surface area contributed by atoms with Crippen molar-refractivity contribution in [2.45, 2.75) is 77.3 Å². The number of amides is 2. The minimum absolute atomic E-state index is 0.0171. The number of hydrogen-bond donors (Lipinski definition) is 2. The van der Waals surface area contributed by atoms with E-state index in [0.29, 0.717) is 13.0 Å². The Morgan fingerprint density at radius 3 is 2.46 bits per heavy atom. The van der Waals surface area contributed by atoms with Crippen molar-refractivity contribution >= 4 is 17.8 Å². The van der Waals surface area contributed by atoms with Crippen LogP contribution in [-0.2, 0) is 14.4 Å². The molecule has 1 aliphatic heterocycles. The van der Waals surface area contributed by atoms with Crippen LogP contribution in [0.2, 0.25) is 0 Å². The lowest BCUT2D eigenvalue weighted by Crippen LogP contribution is -2.47. The number of nitrogens with zero attached hydrogens (tertiary/aromatic N) is 1. The topological polar surface area (TPSA) is 86.7 Å². The van der Waals surface area contributed by atoms with E-state index in [1.807, 2.05) is 18.7 Å². The van der Waals surface area contributed by atoms with E-state index in [-0.39, 0.29) is 36.6 Å². The molecule has 0 radical (unpaired) electrons. The summed E-state index contributed by atoms with van der Waals surface area (Å²) in [7, 11) is 0. The number of carboxylic acids is 1. The molecule has 6 nitrogen and oxygen atoms in total. The highest BCUT2D eigenvalue weighted by Gasteiger charge is 2.39. The van der Waals surface area contributed by atoms with Crippen LogP contribution in [0, 0.1) is 11.8 Å². The van der Waals surface area contributed by atoms with Crippen LogP contribution >= 0.6 is 0 Å². The van der Waals surface area contributed by atoms with Gasteiger partial charge in [0.05, 0.1) is 5.92 Å². The molecule has 6 heteroatoms. The van der Waals surface area contributed by atoms with Gasteiger partial charge in [-0.1, -0.05) is 6.92 Å². The molecule has 136 valence electrons. The summed E-state index contributed by atoms with van der Waals surface area (Å²) >= 11 is 0. The minimum atomic E-state index is -0.869. The zero-order chi connectivity index (χ0) is 17.9. The molecule has 0 spiro atoms. The van der Waals surface area contributed by atoms with Crippen molar-refractivity contribution in [3.63, 3.8) is 0 Å². The van der Waals surface area contributed by atoms with Gasteiger partial charge in [0.2, 0.25) is 11.8 Å². The van der Waals surface area contributed by atoms with E-state index in [0.717, 1.165) is 31.6 Å². The van der Waals surface area contributed by atoms with Crippen molar-refractivity contribution in [3.8, 4) is 0 Å².